The van der Waals surface area contributed by atoms with Crippen molar-refractivity contribution in [2.45, 2.75) is 39.0 Å². The molecular formula is C15H17NO. The minimum atomic E-state index is 0.529. The molecule has 0 saturated heterocycles. The second kappa shape index (κ2) is 6.10. The first-order chi connectivity index (χ1) is 8.40. The number of aromatic nitrogens is 1. The van der Waals surface area contributed by atoms with Gasteiger partial charge in [0.15, 0.2) is 5.58 Å². The van der Waals surface area contributed by atoms with Crippen molar-refractivity contribution in [2.75, 3.05) is 0 Å². The summed E-state index contributed by atoms with van der Waals surface area (Å²) in [6.45, 7) is 2.21. The van der Waals surface area contributed by atoms with Gasteiger partial charge in [-0.15, -0.1) is 0 Å². The Labute approximate surface area is 102 Å². The molecule has 1 aromatic carbocycles. The van der Waals surface area contributed by atoms with Gasteiger partial charge in [0.25, 0.3) is 5.89 Å². The van der Waals surface area contributed by atoms with E-state index in [1.807, 2.05) is 24.3 Å². The summed E-state index contributed by atoms with van der Waals surface area (Å²) in [6.07, 6.45) is 5.92. The zero-order chi connectivity index (χ0) is 11.9. The first kappa shape index (κ1) is 11.7. The summed E-state index contributed by atoms with van der Waals surface area (Å²) >= 11 is 0. The Hall–Kier alpha value is -1.75. The summed E-state index contributed by atoms with van der Waals surface area (Å²) in [5, 5.41) is 0. The average molecular weight is 227 g/mol. The van der Waals surface area contributed by atoms with Gasteiger partial charge in [-0.2, -0.15) is 0 Å². The van der Waals surface area contributed by atoms with Crippen molar-refractivity contribution in [3.63, 3.8) is 0 Å². The summed E-state index contributed by atoms with van der Waals surface area (Å²) in [5.74, 6) is 6.63. The van der Waals surface area contributed by atoms with Crippen LogP contribution in [-0.4, -0.2) is 4.98 Å². The first-order valence-corrected chi connectivity index (χ1v) is 6.24. The van der Waals surface area contributed by atoms with Crippen LogP contribution < -0.4 is 0 Å². The topological polar surface area (TPSA) is 26.0 Å². The summed E-state index contributed by atoms with van der Waals surface area (Å²) in [6, 6.07) is 7.74. The molecule has 0 amide bonds. The fraction of sp³-hybridized carbons (Fsp3) is 0.400. The van der Waals surface area contributed by atoms with Gasteiger partial charge in [-0.3, -0.25) is 0 Å². The number of hydrogen-bond acceptors (Lipinski definition) is 2. The molecule has 2 nitrogen and oxygen atoms in total. The van der Waals surface area contributed by atoms with E-state index in [4.69, 9.17) is 4.42 Å². The molecule has 0 saturated carbocycles. The van der Waals surface area contributed by atoms with Gasteiger partial charge in [-0.1, -0.05) is 44.2 Å². The Kier molecular flexibility index (Phi) is 4.21. The molecule has 0 aliphatic carbocycles. The number of nitrogens with zero attached hydrogens (tertiary/aromatic N) is 1. The lowest BCUT2D eigenvalue weighted by Gasteiger charge is -1.91. The molecule has 0 atom stereocenters. The van der Waals surface area contributed by atoms with Crippen LogP contribution in [0.4, 0.5) is 0 Å². The maximum atomic E-state index is 5.51. The lowest BCUT2D eigenvalue weighted by molar-refractivity contribution is 0.586. The number of para-hydroxylation sites is 2. The number of oxazole rings is 1. The highest BCUT2D eigenvalue weighted by Gasteiger charge is 2.00. The van der Waals surface area contributed by atoms with Crippen molar-refractivity contribution in [1.29, 1.82) is 0 Å². The van der Waals surface area contributed by atoms with Gasteiger partial charge < -0.3 is 4.42 Å². The molecule has 2 heteroatoms. The third-order valence-electron chi connectivity index (χ3n) is 2.64. The Bertz CT molecular complexity index is 497. The monoisotopic (exact) mass is 227 g/mol. The highest BCUT2D eigenvalue weighted by molar-refractivity contribution is 5.72. The molecular weight excluding hydrogens is 210 g/mol. The fourth-order valence-electron chi connectivity index (χ4n) is 1.70. The van der Waals surface area contributed by atoms with Gasteiger partial charge in [0.1, 0.15) is 5.52 Å². The molecule has 2 aromatic rings. The lowest BCUT2D eigenvalue weighted by Crippen LogP contribution is -1.75. The number of hydrogen-bond donors (Lipinski definition) is 0. The van der Waals surface area contributed by atoms with Crippen molar-refractivity contribution in [2.24, 2.45) is 0 Å². The normalized spacial score (nSPS) is 10.2. The van der Waals surface area contributed by atoms with Gasteiger partial charge in [0.2, 0.25) is 0 Å². The first-order valence-electron chi connectivity index (χ1n) is 6.24. The second-order valence-corrected chi connectivity index (χ2v) is 4.10. The van der Waals surface area contributed by atoms with Crippen LogP contribution in [0.25, 0.3) is 11.1 Å². The van der Waals surface area contributed by atoms with E-state index in [1.165, 1.54) is 25.7 Å². The molecule has 17 heavy (non-hydrogen) atoms. The Morgan fingerprint density at radius 2 is 2.06 bits per heavy atom. The van der Waals surface area contributed by atoms with Gasteiger partial charge >= 0.3 is 0 Å². The van der Waals surface area contributed by atoms with Crippen LogP contribution >= 0.6 is 0 Å². The van der Waals surface area contributed by atoms with Crippen LogP contribution in [0.1, 0.15) is 44.9 Å². The van der Waals surface area contributed by atoms with Crippen molar-refractivity contribution in [1.82, 2.24) is 4.98 Å². The van der Waals surface area contributed by atoms with E-state index >= 15 is 0 Å². The maximum absolute atomic E-state index is 5.51. The quantitative estimate of drug-likeness (QED) is 0.579. The SMILES string of the molecule is CCCCCCC#Cc1nc2ccccc2o1. The van der Waals surface area contributed by atoms with E-state index in [0.29, 0.717) is 5.89 Å². The van der Waals surface area contributed by atoms with Crippen molar-refractivity contribution in [3.8, 4) is 11.8 Å². The molecule has 2 rings (SSSR count). The van der Waals surface area contributed by atoms with Crippen LogP contribution in [0, 0.1) is 11.8 Å². The maximum Gasteiger partial charge on any atom is 0.274 e. The molecule has 0 N–H and O–H groups in total. The van der Waals surface area contributed by atoms with Gasteiger partial charge in [0.05, 0.1) is 0 Å². The predicted molar refractivity (Wildman–Crippen MR) is 69.6 cm³/mol. The van der Waals surface area contributed by atoms with E-state index in [9.17, 15) is 0 Å². The molecule has 0 radical (unpaired) electrons. The number of benzene rings is 1. The predicted octanol–water partition coefficient (Wildman–Crippen LogP) is 4.15. The lowest BCUT2D eigenvalue weighted by atomic mass is 10.2. The van der Waals surface area contributed by atoms with Crippen LogP contribution in [0.3, 0.4) is 0 Å². The van der Waals surface area contributed by atoms with Crippen molar-refractivity contribution < 1.29 is 4.42 Å². The Morgan fingerprint density at radius 3 is 2.88 bits per heavy atom. The van der Waals surface area contributed by atoms with Crippen molar-refractivity contribution >= 4 is 11.1 Å². The molecule has 0 fully saturated rings. The number of rotatable bonds is 4. The summed E-state index contributed by atoms with van der Waals surface area (Å²) in [7, 11) is 0. The summed E-state index contributed by atoms with van der Waals surface area (Å²) in [5.41, 5.74) is 1.69. The van der Waals surface area contributed by atoms with E-state index in [0.717, 1.165) is 17.5 Å². The molecule has 0 unspecified atom stereocenters. The molecule has 88 valence electrons. The summed E-state index contributed by atoms with van der Waals surface area (Å²) in [4.78, 5) is 4.31. The van der Waals surface area contributed by atoms with Crippen molar-refractivity contribution in [3.05, 3.63) is 30.2 Å². The minimum Gasteiger partial charge on any atom is -0.430 e. The average Bonchev–Trinajstić information content (AvgIpc) is 2.76. The zero-order valence-electron chi connectivity index (χ0n) is 10.2. The molecule has 0 bridgehead atoms. The van der Waals surface area contributed by atoms with Crippen LogP contribution in [0.5, 0.6) is 0 Å². The van der Waals surface area contributed by atoms with Gasteiger partial charge in [-0.25, -0.2) is 4.98 Å². The highest BCUT2D eigenvalue weighted by atomic mass is 16.3. The fourth-order valence-corrected chi connectivity index (χ4v) is 1.70. The van der Waals surface area contributed by atoms with Gasteiger partial charge in [0, 0.05) is 6.42 Å². The van der Waals surface area contributed by atoms with Crippen LogP contribution in [-0.2, 0) is 0 Å². The molecule has 1 heterocycles. The van der Waals surface area contributed by atoms with Gasteiger partial charge in [-0.05, 0) is 24.5 Å². The number of unbranched alkanes of at least 4 members (excludes halogenated alkanes) is 4. The van der Waals surface area contributed by atoms with E-state index in [2.05, 4.69) is 23.7 Å². The smallest absolute Gasteiger partial charge is 0.274 e. The second-order valence-electron chi connectivity index (χ2n) is 4.10. The number of fused-ring (bicyclic) bond motifs is 1. The third-order valence-corrected chi connectivity index (χ3v) is 2.64. The van der Waals surface area contributed by atoms with E-state index < -0.39 is 0 Å². The standard InChI is InChI=1S/C15H17NO/c1-2-3-4-5-6-7-12-15-16-13-10-8-9-11-14(13)17-15/h8-11H,2-6H2,1H3. The molecule has 0 spiro atoms. The molecule has 0 aliphatic heterocycles. The summed E-state index contributed by atoms with van der Waals surface area (Å²) < 4.78 is 5.51. The van der Waals surface area contributed by atoms with E-state index in [1.54, 1.807) is 0 Å². The highest BCUT2D eigenvalue weighted by Crippen LogP contribution is 2.13. The molecule has 1 aromatic heterocycles. The third kappa shape index (κ3) is 3.35. The minimum absolute atomic E-state index is 0.529. The Morgan fingerprint density at radius 1 is 1.18 bits per heavy atom. The Balaban J connectivity index is 1.92. The van der Waals surface area contributed by atoms with E-state index in [-0.39, 0.29) is 0 Å². The van der Waals surface area contributed by atoms with Crippen LogP contribution in [0.2, 0.25) is 0 Å². The zero-order valence-corrected chi connectivity index (χ0v) is 10.2. The largest absolute Gasteiger partial charge is 0.430 e. The molecule has 0 aliphatic rings. The van der Waals surface area contributed by atoms with Crippen LogP contribution in [0.15, 0.2) is 28.7 Å².